The predicted octanol–water partition coefficient (Wildman–Crippen LogP) is 4.04. The Bertz CT molecular complexity index is 943. The van der Waals surface area contributed by atoms with Crippen LogP contribution >= 0.6 is 0 Å². The molecule has 3 rings (SSSR count). The molecule has 27 heavy (non-hydrogen) atoms. The van der Waals surface area contributed by atoms with Crippen LogP contribution in [0.5, 0.6) is 0 Å². The quantitative estimate of drug-likeness (QED) is 0.621. The molecule has 5 heteroatoms. The van der Waals surface area contributed by atoms with Gasteiger partial charge in [-0.25, -0.2) is 4.79 Å². The number of Topliss-reactive ketones (excluding diaryl/α,β-unsaturated/α-hetero) is 1. The minimum Gasteiger partial charge on any atom is -0.451 e. The van der Waals surface area contributed by atoms with E-state index in [-0.39, 0.29) is 5.78 Å². The number of rotatable bonds is 6. The largest absolute Gasteiger partial charge is 0.451 e. The van der Waals surface area contributed by atoms with E-state index in [4.69, 9.17) is 4.74 Å². The minimum atomic E-state index is -0.791. The molecule has 2 aromatic carbocycles. The molecule has 0 radical (unpaired) electrons. The molecule has 0 fully saturated rings. The number of esters is 1. The molecule has 0 aliphatic rings. The second kappa shape index (κ2) is 7.99. The van der Waals surface area contributed by atoms with Gasteiger partial charge in [-0.2, -0.15) is 5.10 Å². The number of ether oxygens (including phenoxy) is 1. The van der Waals surface area contributed by atoms with Crippen LogP contribution in [0.1, 0.15) is 35.3 Å². The van der Waals surface area contributed by atoms with Gasteiger partial charge in [-0.05, 0) is 26.3 Å². The first-order valence-electron chi connectivity index (χ1n) is 8.84. The average molecular weight is 362 g/mol. The fraction of sp³-hybridized carbons (Fsp3) is 0.227. The summed E-state index contributed by atoms with van der Waals surface area (Å²) in [6.07, 6.45) is 0.887. The van der Waals surface area contributed by atoms with Gasteiger partial charge in [0.15, 0.2) is 11.9 Å². The maximum absolute atomic E-state index is 12.7. The first kappa shape index (κ1) is 18.6. The molecule has 138 valence electrons. The van der Waals surface area contributed by atoms with Crippen molar-refractivity contribution in [2.75, 3.05) is 0 Å². The summed E-state index contributed by atoms with van der Waals surface area (Å²) in [5.41, 5.74) is 3.92. The fourth-order valence-electron chi connectivity index (χ4n) is 2.65. The van der Waals surface area contributed by atoms with Gasteiger partial charge in [0.2, 0.25) is 0 Å². The summed E-state index contributed by atoms with van der Waals surface area (Å²) in [5.74, 6) is -0.746. The topological polar surface area (TPSA) is 61.2 Å². The predicted molar refractivity (Wildman–Crippen MR) is 104 cm³/mol. The molecule has 0 spiro atoms. The van der Waals surface area contributed by atoms with Crippen molar-refractivity contribution in [1.29, 1.82) is 0 Å². The lowest BCUT2D eigenvalue weighted by molar-refractivity contribution is -0.124. The Morgan fingerprint density at radius 2 is 1.74 bits per heavy atom. The van der Waals surface area contributed by atoms with E-state index in [1.165, 1.54) is 6.92 Å². The van der Waals surface area contributed by atoms with Crippen LogP contribution in [0, 0.1) is 6.92 Å². The van der Waals surface area contributed by atoms with Crippen molar-refractivity contribution in [3.05, 3.63) is 77.5 Å². The zero-order chi connectivity index (χ0) is 19.4. The molecule has 1 atom stereocenters. The van der Waals surface area contributed by atoms with Crippen LogP contribution in [-0.4, -0.2) is 27.6 Å². The van der Waals surface area contributed by atoms with Gasteiger partial charge in [0.25, 0.3) is 0 Å². The summed E-state index contributed by atoms with van der Waals surface area (Å²) in [5, 5.41) is 4.61. The summed E-state index contributed by atoms with van der Waals surface area (Å²) >= 11 is 0. The summed E-state index contributed by atoms with van der Waals surface area (Å²) in [7, 11) is 0. The van der Waals surface area contributed by atoms with E-state index in [1.807, 2.05) is 61.5 Å². The molecule has 0 bridgehead atoms. The highest BCUT2D eigenvalue weighted by molar-refractivity contribution is 5.97. The highest BCUT2D eigenvalue weighted by Gasteiger charge is 2.22. The van der Waals surface area contributed by atoms with Crippen molar-refractivity contribution in [3.8, 4) is 11.3 Å². The molecule has 0 unspecified atom stereocenters. The first-order chi connectivity index (χ1) is 12.9. The van der Waals surface area contributed by atoms with E-state index < -0.39 is 12.1 Å². The summed E-state index contributed by atoms with van der Waals surface area (Å²) in [6, 6.07) is 17.7. The highest BCUT2D eigenvalue weighted by Crippen LogP contribution is 2.24. The van der Waals surface area contributed by atoms with E-state index in [0.29, 0.717) is 17.8 Å². The monoisotopic (exact) mass is 362 g/mol. The van der Waals surface area contributed by atoms with Crippen LogP contribution in [0.2, 0.25) is 0 Å². The SMILES string of the molecule is CC(=O)[C@H](C)OC(=O)c1cn(Cc2ccccc2)nc1-c1ccc(C)cc1. The summed E-state index contributed by atoms with van der Waals surface area (Å²) in [6.45, 7) is 5.51. The van der Waals surface area contributed by atoms with Crippen molar-refractivity contribution in [2.45, 2.75) is 33.4 Å². The van der Waals surface area contributed by atoms with Crippen molar-refractivity contribution in [2.24, 2.45) is 0 Å². The first-order valence-corrected chi connectivity index (χ1v) is 8.84. The van der Waals surface area contributed by atoms with Crippen molar-refractivity contribution in [1.82, 2.24) is 9.78 Å². The van der Waals surface area contributed by atoms with Crippen LogP contribution in [0.4, 0.5) is 0 Å². The molecule has 3 aromatic rings. The van der Waals surface area contributed by atoms with E-state index in [2.05, 4.69) is 5.10 Å². The number of carbonyl (C=O) groups excluding carboxylic acids is 2. The maximum Gasteiger partial charge on any atom is 0.342 e. The van der Waals surface area contributed by atoms with Crippen LogP contribution < -0.4 is 0 Å². The Labute approximate surface area is 158 Å². The van der Waals surface area contributed by atoms with Gasteiger partial charge >= 0.3 is 5.97 Å². The molecule has 0 saturated carbocycles. The summed E-state index contributed by atoms with van der Waals surface area (Å²) < 4.78 is 7.03. The van der Waals surface area contributed by atoms with E-state index in [1.54, 1.807) is 17.8 Å². The van der Waals surface area contributed by atoms with Gasteiger partial charge in [0.1, 0.15) is 11.3 Å². The number of nitrogens with zero attached hydrogens (tertiary/aromatic N) is 2. The summed E-state index contributed by atoms with van der Waals surface area (Å²) in [4.78, 5) is 24.1. The smallest absolute Gasteiger partial charge is 0.342 e. The third-order valence-electron chi connectivity index (χ3n) is 4.35. The van der Waals surface area contributed by atoms with Gasteiger partial charge in [0.05, 0.1) is 6.54 Å². The Morgan fingerprint density at radius 3 is 2.37 bits per heavy atom. The zero-order valence-corrected chi connectivity index (χ0v) is 15.7. The standard InChI is InChI=1S/C22H22N2O3/c1-15-9-11-19(12-10-15)21-20(22(26)27-17(3)16(2)25)14-24(23-21)13-18-7-5-4-6-8-18/h4-12,14,17H,13H2,1-3H3/t17-/m0/s1. The minimum absolute atomic E-state index is 0.197. The molecule has 1 heterocycles. The molecule has 0 N–H and O–H groups in total. The second-order valence-electron chi connectivity index (χ2n) is 6.60. The number of hydrogen-bond acceptors (Lipinski definition) is 4. The molecule has 5 nitrogen and oxygen atoms in total. The lowest BCUT2D eigenvalue weighted by Crippen LogP contribution is -2.22. The molecule has 0 saturated heterocycles. The Morgan fingerprint density at radius 1 is 1.07 bits per heavy atom. The third kappa shape index (κ3) is 4.50. The van der Waals surface area contributed by atoms with Crippen LogP contribution in [-0.2, 0) is 16.1 Å². The number of ketones is 1. The van der Waals surface area contributed by atoms with Crippen molar-refractivity contribution < 1.29 is 14.3 Å². The number of carbonyl (C=O) groups is 2. The van der Waals surface area contributed by atoms with Gasteiger partial charge in [-0.15, -0.1) is 0 Å². The van der Waals surface area contributed by atoms with Crippen molar-refractivity contribution >= 4 is 11.8 Å². The van der Waals surface area contributed by atoms with Gasteiger partial charge in [-0.3, -0.25) is 9.48 Å². The lowest BCUT2D eigenvalue weighted by atomic mass is 10.1. The number of aryl methyl sites for hydroxylation is 1. The number of benzene rings is 2. The molecule has 0 aliphatic heterocycles. The number of aromatic nitrogens is 2. The lowest BCUT2D eigenvalue weighted by Gasteiger charge is -2.09. The molecular formula is C22H22N2O3. The van der Waals surface area contributed by atoms with E-state index in [9.17, 15) is 9.59 Å². The third-order valence-corrected chi connectivity index (χ3v) is 4.35. The van der Waals surface area contributed by atoms with Gasteiger partial charge in [-0.1, -0.05) is 60.2 Å². The number of hydrogen-bond donors (Lipinski definition) is 0. The molecular weight excluding hydrogens is 340 g/mol. The Balaban J connectivity index is 1.97. The molecule has 0 amide bonds. The highest BCUT2D eigenvalue weighted by atomic mass is 16.5. The van der Waals surface area contributed by atoms with Crippen molar-refractivity contribution in [3.63, 3.8) is 0 Å². The molecule has 0 aliphatic carbocycles. The van der Waals surface area contributed by atoms with E-state index >= 15 is 0 Å². The zero-order valence-electron chi connectivity index (χ0n) is 15.7. The van der Waals surface area contributed by atoms with Crippen LogP contribution in [0.3, 0.4) is 0 Å². The van der Waals surface area contributed by atoms with Gasteiger partial charge < -0.3 is 4.74 Å². The maximum atomic E-state index is 12.7. The average Bonchev–Trinajstić information content (AvgIpc) is 3.07. The van der Waals surface area contributed by atoms with Gasteiger partial charge in [0, 0.05) is 11.8 Å². The van der Waals surface area contributed by atoms with E-state index in [0.717, 1.165) is 16.7 Å². The normalized spacial score (nSPS) is 11.8. The van der Waals surface area contributed by atoms with Crippen LogP contribution in [0.25, 0.3) is 11.3 Å². The Hall–Kier alpha value is -3.21. The Kier molecular flexibility index (Phi) is 5.50. The second-order valence-corrected chi connectivity index (χ2v) is 6.60. The molecule has 1 aromatic heterocycles. The fourth-order valence-corrected chi connectivity index (χ4v) is 2.65. The van der Waals surface area contributed by atoms with Crippen LogP contribution in [0.15, 0.2) is 60.8 Å².